The second kappa shape index (κ2) is 5.73. The van der Waals surface area contributed by atoms with Crippen molar-refractivity contribution in [3.05, 3.63) is 40.3 Å². The van der Waals surface area contributed by atoms with Crippen molar-refractivity contribution in [1.82, 2.24) is 19.9 Å². The molecule has 0 saturated carbocycles. The zero-order valence-corrected chi connectivity index (χ0v) is 12.2. The molecule has 0 amide bonds. The second-order valence-electron chi connectivity index (χ2n) is 4.22. The van der Waals surface area contributed by atoms with Crippen LogP contribution in [0, 0.1) is 0 Å². The number of likely N-dealkylation sites (N-methyl/N-ethyl adjacent to an activating group) is 1. The van der Waals surface area contributed by atoms with Crippen molar-refractivity contribution in [1.29, 1.82) is 0 Å². The van der Waals surface area contributed by atoms with Crippen molar-refractivity contribution in [2.24, 2.45) is 0 Å². The first kappa shape index (κ1) is 12.7. The Morgan fingerprint density at radius 3 is 2.95 bits per heavy atom. The van der Waals surface area contributed by atoms with Crippen molar-refractivity contribution in [2.45, 2.75) is 19.4 Å². The molecule has 1 aromatic carbocycles. The number of aromatic nitrogens is 3. The Morgan fingerprint density at radius 2 is 2.21 bits per heavy atom. The first-order valence-electron chi connectivity index (χ1n) is 6.21. The summed E-state index contributed by atoms with van der Waals surface area (Å²) >= 11 is 3.14. The van der Waals surface area contributed by atoms with Crippen molar-refractivity contribution in [2.75, 3.05) is 6.54 Å². The monoisotopic (exact) mass is 290 g/mol. The Morgan fingerprint density at radius 1 is 1.32 bits per heavy atom. The van der Waals surface area contributed by atoms with Crippen LogP contribution in [0.1, 0.15) is 23.7 Å². The molecule has 19 heavy (non-hydrogen) atoms. The Balaban J connectivity index is 1.85. The third-order valence-corrected chi connectivity index (χ3v) is 4.48. The van der Waals surface area contributed by atoms with Gasteiger partial charge >= 0.3 is 0 Å². The number of benzene rings is 1. The lowest BCUT2D eigenvalue weighted by atomic mass is 10.1. The molecular weight excluding hydrogens is 276 g/mol. The van der Waals surface area contributed by atoms with E-state index in [0.717, 1.165) is 29.2 Å². The molecule has 1 atom stereocenters. The standard InChI is InChI=1S/C13H14N4S2/c1-2-14-10(11-8-18-17-16-11)7-13-15-9-5-3-4-6-12(9)19-13/h3-6,8,10,14H,2,7H2,1H3. The predicted octanol–water partition coefficient (Wildman–Crippen LogP) is 3.04. The smallest absolute Gasteiger partial charge is 0.0958 e. The number of thiazole rings is 1. The van der Waals surface area contributed by atoms with Gasteiger partial charge in [-0.05, 0) is 30.2 Å². The van der Waals surface area contributed by atoms with Gasteiger partial charge in [-0.25, -0.2) is 4.98 Å². The number of rotatable bonds is 5. The molecule has 4 nitrogen and oxygen atoms in total. The van der Waals surface area contributed by atoms with Crippen LogP contribution in [0.5, 0.6) is 0 Å². The van der Waals surface area contributed by atoms with Crippen molar-refractivity contribution >= 4 is 33.1 Å². The van der Waals surface area contributed by atoms with E-state index in [1.54, 1.807) is 11.3 Å². The first-order chi connectivity index (χ1) is 9.36. The largest absolute Gasteiger partial charge is 0.308 e. The van der Waals surface area contributed by atoms with Crippen LogP contribution in [0.3, 0.4) is 0 Å². The fraction of sp³-hybridized carbons (Fsp3) is 0.308. The highest BCUT2D eigenvalue weighted by Gasteiger charge is 2.16. The number of hydrogen-bond donors (Lipinski definition) is 1. The van der Waals surface area contributed by atoms with E-state index < -0.39 is 0 Å². The van der Waals surface area contributed by atoms with Gasteiger partial charge in [0, 0.05) is 11.8 Å². The molecule has 3 aromatic rings. The molecule has 1 N–H and O–H groups in total. The third-order valence-electron chi connectivity index (χ3n) is 2.90. The van der Waals surface area contributed by atoms with Gasteiger partial charge in [0.2, 0.25) is 0 Å². The minimum absolute atomic E-state index is 0.198. The molecule has 2 heterocycles. The molecule has 98 valence electrons. The molecule has 0 aliphatic heterocycles. The molecule has 1 unspecified atom stereocenters. The van der Waals surface area contributed by atoms with Gasteiger partial charge in [0.1, 0.15) is 0 Å². The van der Waals surface area contributed by atoms with E-state index in [1.165, 1.54) is 16.2 Å². The number of nitrogens with zero attached hydrogens (tertiary/aromatic N) is 3. The van der Waals surface area contributed by atoms with E-state index in [2.05, 4.69) is 45.0 Å². The number of para-hydroxylation sites is 1. The lowest BCUT2D eigenvalue weighted by Gasteiger charge is -2.13. The van der Waals surface area contributed by atoms with Crippen molar-refractivity contribution < 1.29 is 0 Å². The molecule has 0 spiro atoms. The molecule has 3 rings (SSSR count). The zero-order valence-electron chi connectivity index (χ0n) is 10.5. The second-order valence-corrected chi connectivity index (χ2v) is 5.94. The first-order valence-corrected chi connectivity index (χ1v) is 7.87. The topological polar surface area (TPSA) is 50.7 Å². The molecule has 6 heteroatoms. The molecule has 0 fully saturated rings. The van der Waals surface area contributed by atoms with Gasteiger partial charge in [0.15, 0.2) is 0 Å². The maximum atomic E-state index is 4.68. The highest BCUT2D eigenvalue weighted by molar-refractivity contribution is 7.18. The summed E-state index contributed by atoms with van der Waals surface area (Å²) in [6, 6.07) is 8.45. The fourth-order valence-corrected chi connectivity index (χ4v) is 3.55. The van der Waals surface area contributed by atoms with Crippen LogP contribution in [0.25, 0.3) is 10.2 Å². The summed E-state index contributed by atoms with van der Waals surface area (Å²) in [5.41, 5.74) is 2.08. The molecule has 0 bridgehead atoms. The van der Waals surface area contributed by atoms with Gasteiger partial charge < -0.3 is 5.32 Å². The maximum Gasteiger partial charge on any atom is 0.0958 e. The van der Waals surface area contributed by atoms with E-state index in [4.69, 9.17) is 0 Å². The van der Waals surface area contributed by atoms with Crippen LogP contribution in [0.4, 0.5) is 0 Å². The summed E-state index contributed by atoms with van der Waals surface area (Å²) < 4.78 is 5.18. The highest BCUT2D eigenvalue weighted by atomic mass is 32.1. The van der Waals surface area contributed by atoms with Gasteiger partial charge in [-0.2, -0.15) is 0 Å². The van der Waals surface area contributed by atoms with Crippen LogP contribution < -0.4 is 5.32 Å². The van der Waals surface area contributed by atoms with E-state index in [1.807, 2.05) is 11.4 Å². The fourth-order valence-electron chi connectivity index (χ4n) is 2.03. The Hall–Kier alpha value is -1.37. The quantitative estimate of drug-likeness (QED) is 0.784. The van der Waals surface area contributed by atoms with Crippen LogP contribution in [0.2, 0.25) is 0 Å². The zero-order chi connectivity index (χ0) is 13.1. The average Bonchev–Trinajstić information content (AvgIpc) is 3.07. The van der Waals surface area contributed by atoms with E-state index in [-0.39, 0.29) is 6.04 Å². The van der Waals surface area contributed by atoms with E-state index in [0.29, 0.717) is 0 Å². The summed E-state index contributed by atoms with van der Waals surface area (Å²) in [6.45, 7) is 3.01. The van der Waals surface area contributed by atoms with Gasteiger partial charge in [0.05, 0.1) is 27.0 Å². The summed E-state index contributed by atoms with van der Waals surface area (Å²) in [5.74, 6) is 0. The Labute approximate surface area is 119 Å². The summed E-state index contributed by atoms with van der Waals surface area (Å²) in [7, 11) is 0. The molecule has 0 aliphatic rings. The normalized spacial score (nSPS) is 12.9. The van der Waals surface area contributed by atoms with Crippen molar-refractivity contribution in [3.63, 3.8) is 0 Å². The van der Waals surface area contributed by atoms with Gasteiger partial charge in [-0.3, -0.25) is 0 Å². The molecule has 0 aliphatic carbocycles. The molecule has 2 aromatic heterocycles. The SMILES string of the molecule is CCNC(Cc1nc2ccccc2s1)c1csnn1. The van der Waals surface area contributed by atoms with Crippen molar-refractivity contribution in [3.8, 4) is 0 Å². The van der Waals surface area contributed by atoms with Crippen LogP contribution in [-0.4, -0.2) is 21.1 Å². The van der Waals surface area contributed by atoms with Gasteiger partial charge in [-0.15, -0.1) is 16.4 Å². The predicted molar refractivity (Wildman–Crippen MR) is 79.7 cm³/mol. The lowest BCUT2D eigenvalue weighted by Crippen LogP contribution is -2.23. The summed E-state index contributed by atoms with van der Waals surface area (Å²) in [4.78, 5) is 4.68. The summed E-state index contributed by atoms with van der Waals surface area (Å²) in [6.07, 6.45) is 0.860. The minimum atomic E-state index is 0.198. The minimum Gasteiger partial charge on any atom is -0.308 e. The molecule has 0 saturated heterocycles. The lowest BCUT2D eigenvalue weighted by molar-refractivity contribution is 0.535. The average molecular weight is 290 g/mol. The maximum absolute atomic E-state index is 4.68. The number of nitrogens with one attached hydrogen (secondary N) is 1. The van der Waals surface area contributed by atoms with Gasteiger partial charge in [0.25, 0.3) is 0 Å². The van der Waals surface area contributed by atoms with E-state index >= 15 is 0 Å². The molecular formula is C13H14N4S2. The van der Waals surface area contributed by atoms with Crippen LogP contribution in [0.15, 0.2) is 29.6 Å². The Kier molecular flexibility index (Phi) is 3.82. The van der Waals surface area contributed by atoms with Crippen LogP contribution >= 0.6 is 22.9 Å². The number of fused-ring (bicyclic) bond motifs is 1. The van der Waals surface area contributed by atoms with Crippen LogP contribution in [-0.2, 0) is 6.42 Å². The van der Waals surface area contributed by atoms with E-state index in [9.17, 15) is 0 Å². The van der Waals surface area contributed by atoms with Gasteiger partial charge in [-0.1, -0.05) is 23.5 Å². The summed E-state index contributed by atoms with van der Waals surface area (Å²) in [5, 5.41) is 10.8. The highest BCUT2D eigenvalue weighted by Crippen LogP contribution is 2.25. The number of hydrogen-bond acceptors (Lipinski definition) is 6. The molecule has 0 radical (unpaired) electrons. The Bertz CT molecular complexity index is 615. The third kappa shape index (κ3) is 2.80.